The molecule has 0 unspecified atom stereocenters. The Morgan fingerprint density at radius 3 is 2.09 bits per heavy atom. The molecule has 1 N–H and O–H groups in total. The van der Waals surface area contributed by atoms with Gasteiger partial charge in [0, 0.05) is 43.8 Å². The number of amides is 2. The van der Waals surface area contributed by atoms with E-state index >= 15 is 0 Å². The van der Waals surface area contributed by atoms with Crippen molar-refractivity contribution in [3.05, 3.63) is 49.4 Å². The molecule has 0 saturated carbocycles. The molecule has 1 heterocycles. The van der Waals surface area contributed by atoms with Gasteiger partial charge in [-0.1, -0.05) is 46.4 Å². The first-order valence-electron chi connectivity index (χ1n) is 9.96. The average molecular weight is 519 g/mol. The smallest absolute Gasteiger partial charge is 0.262 e. The van der Waals surface area contributed by atoms with Crippen LogP contribution in [0.1, 0.15) is 18.1 Å². The van der Waals surface area contributed by atoms with Crippen LogP contribution in [0.5, 0.6) is 5.75 Å². The van der Waals surface area contributed by atoms with E-state index in [9.17, 15) is 9.59 Å². The molecule has 0 bridgehead atoms. The van der Waals surface area contributed by atoms with Gasteiger partial charge in [-0.2, -0.15) is 0 Å². The molecule has 0 spiro atoms. The van der Waals surface area contributed by atoms with Crippen molar-refractivity contribution in [2.24, 2.45) is 0 Å². The lowest BCUT2D eigenvalue weighted by Crippen LogP contribution is -2.48. The molecule has 1 saturated heterocycles. The van der Waals surface area contributed by atoms with E-state index in [0.717, 1.165) is 5.69 Å². The third-order valence-corrected chi connectivity index (χ3v) is 7.14. The molecule has 2 aromatic rings. The zero-order valence-corrected chi connectivity index (χ0v) is 20.9. The Morgan fingerprint density at radius 2 is 1.56 bits per heavy atom. The van der Waals surface area contributed by atoms with E-state index in [-0.39, 0.29) is 34.2 Å². The number of hydrogen-bond acceptors (Lipinski definition) is 4. The van der Waals surface area contributed by atoms with E-state index in [1.54, 1.807) is 37.8 Å². The fraction of sp³-hybridized carbons (Fsp3) is 0.364. The molecule has 32 heavy (non-hydrogen) atoms. The van der Waals surface area contributed by atoms with Crippen LogP contribution < -0.4 is 15.0 Å². The summed E-state index contributed by atoms with van der Waals surface area (Å²) in [6.45, 7) is 7.48. The molecule has 0 atom stereocenters. The van der Waals surface area contributed by atoms with Gasteiger partial charge in [0.05, 0.1) is 20.8 Å². The minimum Gasteiger partial charge on any atom is -0.481 e. The van der Waals surface area contributed by atoms with Gasteiger partial charge in [0.25, 0.3) is 5.91 Å². The summed E-state index contributed by atoms with van der Waals surface area (Å²) in [5.74, 6) is -0.0928. The van der Waals surface area contributed by atoms with Crippen molar-refractivity contribution in [2.45, 2.75) is 20.8 Å². The summed E-state index contributed by atoms with van der Waals surface area (Å²) in [7, 11) is 0. The van der Waals surface area contributed by atoms with Crippen molar-refractivity contribution in [3.8, 4) is 5.75 Å². The standard InChI is InChI=1S/C22H23Cl4N3O3/c1-12-19(24)13(2)21(26)22(20(12)25)32-11-18(31)27-15-4-5-17(16(23)10-15)29-8-6-28(7-9-29)14(3)30/h4-5,10H,6-9,11H2,1-3H3,(H,27,31). The Morgan fingerprint density at radius 1 is 0.969 bits per heavy atom. The van der Waals surface area contributed by atoms with Crippen LogP contribution in [0, 0.1) is 13.8 Å². The minimum atomic E-state index is -0.388. The summed E-state index contributed by atoms with van der Waals surface area (Å²) in [6, 6.07) is 5.30. The minimum absolute atomic E-state index is 0.0718. The second-order valence-corrected chi connectivity index (χ2v) is 9.06. The van der Waals surface area contributed by atoms with Crippen LogP contribution >= 0.6 is 46.4 Å². The molecule has 6 nitrogen and oxygen atoms in total. The van der Waals surface area contributed by atoms with Gasteiger partial charge >= 0.3 is 0 Å². The maximum atomic E-state index is 12.4. The van der Waals surface area contributed by atoms with Crippen molar-refractivity contribution in [1.82, 2.24) is 4.90 Å². The zero-order chi connectivity index (χ0) is 23.6. The lowest BCUT2D eigenvalue weighted by atomic mass is 10.1. The Balaban J connectivity index is 1.62. The fourth-order valence-corrected chi connectivity index (χ4v) is 4.60. The molecule has 2 aromatic carbocycles. The maximum absolute atomic E-state index is 12.4. The van der Waals surface area contributed by atoms with Crippen LogP contribution in [-0.4, -0.2) is 49.5 Å². The molecule has 1 aliphatic heterocycles. The van der Waals surface area contributed by atoms with Gasteiger partial charge in [0.15, 0.2) is 12.4 Å². The van der Waals surface area contributed by atoms with E-state index in [4.69, 9.17) is 51.1 Å². The average Bonchev–Trinajstić information content (AvgIpc) is 2.76. The predicted octanol–water partition coefficient (Wildman–Crippen LogP) is 5.60. The summed E-state index contributed by atoms with van der Waals surface area (Å²) in [5, 5.41) is 4.28. The molecule has 0 aromatic heterocycles. The van der Waals surface area contributed by atoms with E-state index in [1.165, 1.54) is 0 Å². The highest BCUT2D eigenvalue weighted by Crippen LogP contribution is 2.42. The first kappa shape index (κ1) is 24.8. The van der Waals surface area contributed by atoms with Crippen molar-refractivity contribution >= 4 is 69.6 Å². The Labute approximate surface area is 207 Å². The SMILES string of the molecule is CC(=O)N1CCN(c2ccc(NC(=O)COc3c(Cl)c(C)c(Cl)c(C)c3Cl)cc2Cl)CC1. The Hall–Kier alpha value is -1.86. The topological polar surface area (TPSA) is 61.9 Å². The van der Waals surface area contributed by atoms with Crippen molar-refractivity contribution in [2.75, 3.05) is 43.0 Å². The largest absolute Gasteiger partial charge is 0.481 e. The van der Waals surface area contributed by atoms with Crippen molar-refractivity contribution < 1.29 is 14.3 Å². The van der Waals surface area contributed by atoms with Crippen LogP contribution in [0.15, 0.2) is 18.2 Å². The summed E-state index contributed by atoms with van der Waals surface area (Å²) in [4.78, 5) is 27.8. The molecule has 1 aliphatic rings. The summed E-state index contributed by atoms with van der Waals surface area (Å²) in [6.07, 6.45) is 0. The number of anilines is 2. The molecular weight excluding hydrogens is 496 g/mol. The lowest BCUT2D eigenvalue weighted by molar-refractivity contribution is -0.129. The van der Waals surface area contributed by atoms with E-state index in [1.807, 2.05) is 6.07 Å². The lowest BCUT2D eigenvalue weighted by Gasteiger charge is -2.36. The number of nitrogens with zero attached hydrogens (tertiary/aromatic N) is 2. The molecule has 10 heteroatoms. The first-order valence-corrected chi connectivity index (χ1v) is 11.5. The molecule has 3 rings (SSSR count). The van der Waals surface area contributed by atoms with Gasteiger partial charge in [-0.3, -0.25) is 9.59 Å². The molecule has 2 amide bonds. The zero-order valence-electron chi connectivity index (χ0n) is 17.9. The van der Waals surface area contributed by atoms with Crippen LogP contribution in [0.4, 0.5) is 11.4 Å². The van der Waals surface area contributed by atoms with Gasteiger partial charge < -0.3 is 19.9 Å². The van der Waals surface area contributed by atoms with Crippen LogP contribution in [0.3, 0.4) is 0 Å². The number of ether oxygens (including phenoxy) is 1. The Bertz CT molecular complexity index is 1020. The maximum Gasteiger partial charge on any atom is 0.262 e. The van der Waals surface area contributed by atoms with E-state index in [2.05, 4.69) is 10.2 Å². The van der Waals surface area contributed by atoms with Crippen molar-refractivity contribution in [3.63, 3.8) is 0 Å². The number of carbonyl (C=O) groups excluding carboxylic acids is 2. The van der Waals surface area contributed by atoms with Crippen LogP contribution in [-0.2, 0) is 9.59 Å². The van der Waals surface area contributed by atoms with Gasteiger partial charge in [-0.15, -0.1) is 0 Å². The predicted molar refractivity (Wildman–Crippen MR) is 131 cm³/mol. The molecule has 1 fully saturated rings. The summed E-state index contributed by atoms with van der Waals surface area (Å²) < 4.78 is 5.59. The number of benzene rings is 2. The highest BCUT2D eigenvalue weighted by Gasteiger charge is 2.21. The number of nitrogens with one attached hydrogen (secondary N) is 1. The second kappa shape index (κ2) is 10.4. The van der Waals surface area contributed by atoms with Crippen LogP contribution in [0.2, 0.25) is 20.1 Å². The van der Waals surface area contributed by atoms with Crippen molar-refractivity contribution in [1.29, 1.82) is 0 Å². The fourth-order valence-electron chi connectivity index (χ4n) is 3.48. The number of rotatable bonds is 5. The summed E-state index contributed by atoms with van der Waals surface area (Å²) in [5.41, 5.74) is 2.67. The Kier molecular flexibility index (Phi) is 8.04. The third kappa shape index (κ3) is 5.37. The van der Waals surface area contributed by atoms with Gasteiger partial charge in [-0.05, 0) is 43.2 Å². The van der Waals surface area contributed by atoms with Gasteiger partial charge in [0.2, 0.25) is 5.91 Å². The molecular formula is C22H23Cl4N3O3. The van der Waals surface area contributed by atoms with E-state index < -0.39 is 0 Å². The molecule has 0 aliphatic carbocycles. The number of carbonyl (C=O) groups is 2. The second-order valence-electron chi connectivity index (χ2n) is 7.52. The normalized spacial score (nSPS) is 13.8. The van der Waals surface area contributed by atoms with E-state index in [0.29, 0.717) is 53.0 Å². The first-order chi connectivity index (χ1) is 15.1. The highest BCUT2D eigenvalue weighted by molar-refractivity contribution is 6.42. The number of piperazine rings is 1. The molecule has 172 valence electrons. The third-order valence-electron chi connectivity index (χ3n) is 5.36. The summed E-state index contributed by atoms with van der Waals surface area (Å²) >= 11 is 25.2. The number of hydrogen-bond donors (Lipinski definition) is 1. The monoisotopic (exact) mass is 517 g/mol. The molecule has 0 radical (unpaired) electrons. The van der Waals surface area contributed by atoms with Gasteiger partial charge in [-0.25, -0.2) is 0 Å². The van der Waals surface area contributed by atoms with Crippen LogP contribution in [0.25, 0.3) is 0 Å². The number of halogens is 4. The van der Waals surface area contributed by atoms with Gasteiger partial charge in [0.1, 0.15) is 0 Å². The quantitative estimate of drug-likeness (QED) is 0.559. The highest BCUT2D eigenvalue weighted by atomic mass is 35.5.